The van der Waals surface area contributed by atoms with Crippen LogP contribution in [0.2, 0.25) is 0 Å². The molecule has 2 amide bonds. The average Bonchev–Trinajstić information content (AvgIpc) is 3.26. The first-order chi connectivity index (χ1) is 13.5. The summed E-state index contributed by atoms with van der Waals surface area (Å²) in [7, 11) is 0. The summed E-state index contributed by atoms with van der Waals surface area (Å²) in [6.07, 6.45) is 1.35. The molecular formula is C19H20FN3O5. The van der Waals surface area contributed by atoms with E-state index in [0.29, 0.717) is 31.9 Å². The third-order valence-corrected chi connectivity index (χ3v) is 4.32. The molecule has 0 aliphatic carbocycles. The van der Waals surface area contributed by atoms with Gasteiger partial charge in [-0.3, -0.25) is 14.4 Å². The molecule has 2 heterocycles. The lowest BCUT2D eigenvalue weighted by Crippen LogP contribution is -2.50. The second kappa shape index (κ2) is 9.03. The fourth-order valence-corrected chi connectivity index (χ4v) is 2.84. The molecule has 0 saturated carbocycles. The predicted molar refractivity (Wildman–Crippen MR) is 97.2 cm³/mol. The number of ether oxygens (including phenoxy) is 1. The summed E-state index contributed by atoms with van der Waals surface area (Å²) in [6.45, 7) is 1.00. The molecule has 28 heavy (non-hydrogen) atoms. The number of benzene rings is 1. The second-order valence-corrected chi connectivity index (χ2v) is 6.14. The van der Waals surface area contributed by atoms with Gasteiger partial charge in [0.2, 0.25) is 0 Å². The summed E-state index contributed by atoms with van der Waals surface area (Å²) < 4.78 is 23.7. The molecule has 0 unspecified atom stereocenters. The van der Waals surface area contributed by atoms with Crippen molar-refractivity contribution in [2.24, 2.45) is 0 Å². The van der Waals surface area contributed by atoms with Gasteiger partial charge in [-0.05, 0) is 24.3 Å². The Kier molecular flexibility index (Phi) is 6.25. The van der Waals surface area contributed by atoms with Crippen LogP contribution in [0.25, 0.3) is 0 Å². The predicted octanol–water partition coefficient (Wildman–Crippen LogP) is 1.04. The molecular weight excluding hydrogens is 369 g/mol. The van der Waals surface area contributed by atoms with Gasteiger partial charge in [0.1, 0.15) is 12.4 Å². The van der Waals surface area contributed by atoms with Crippen LogP contribution in [0, 0.1) is 5.82 Å². The zero-order valence-corrected chi connectivity index (χ0v) is 15.1. The van der Waals surface area contributed by atoms with Crippen LogP contribution in [0.1, 0.15) is 10.6 Å². The number of hydrogen-bond acceptors (Lipinski definition) is 6. The molecule has 1 fully saturated rings. The van der Waals surface area contributed by atoms with Crippen molar-refractivity contribution in [1.82, 2.24) is 10.2 Å². The molecule has 0 spiro atoms. The van der Waals surface area contributed by atoms with Gasteiger partial charge in [0.25, 0.3) is 11.8 Å². The molecule has 0 atom stereocenters. The molecule has 1 aromatic carbocycles. The number of halogens is 1. The van der Waals surface area contributed by atoms with E-state index in [4.69, 9.17) is 9.15 Å². The smallest absolute Gasteiger partial charge is 0.325 e. The van der Waals surface area contributed by atoms with Gasteiger partial charge in [-0.2, -0.15) is 0 Å². The Morgan fingerprint density at radius 3 is 2.50 bits per heavy atom. The van der Waals surface area contributed by atoms with E-state index in [1.807, 2.05) is 4.90 Å². The molecule has 1 saturated heterocycles. The number of para-hydroxylation sites is 1. The topological polar surface area (TPSA) is 92.1 Å². The van der Waals surface area contributed by atoms with Crippen LogP contribution >= 0.6 is 0 Å². The fourth-order valence-electron chi connectivity index (χ4n) is 2.84. The van der Waals surface area contributed by atoms with Gasteiger partial charge >= 0.3 is 5.97 Å². The molecule has 1 aliphatic rings. The number of hydrogen-bond donors (Lipinski definition) is 1. The first-order valence-corrected chi connectivity index (χ1v) is 8.79. The summed E-state index contributed by atoms with van der Waals surface area (Å²) in [5, 5.41) is 2.34. The maximum Gasteiger partial charge on any atom is 0.325 e. The largest absolute Gasteiger partial charge is 0.459 e. The number of carbonyl (C=O) groups is 3. The van der Waals surface area contributed by atoms with E-state index in [-0.39, 0.29) is 24.0 Å². The van der Waals surface area contributed by atoms with Crippen LogP contribution in [-0.2, 0) is 14.3 Å². The number of carbonyl (C=O) groups excluding carboxylic acids is 3. The third-order valence-electron chi connectivity index (χ3n) is 4.32. The number of anilines is 1. The highest BCUT2D eigenvalue weighted by Gasteiger charge is 2.23. The minimum Gasteiger partial charge on any atom is -0.459 e. The van der Waals surface area contributed by atoms with Gasteiger partial charge in [0.05, 0.1) is 12.0 Å². The summed E-state index contributed by atoms with van der Waals surface area (Å²) in [6, 6.07) is 9.51. The van der Waals surface area contributed by atoms with Crippen LogP contribution in [0.15, 0.2) is 47.1 Å². The van der Waals surface area contributed by atoms with Gasteiger partial charge in [0.15, 0.2) is 12.4 Å². The Morgan fingerprint density at radius 1 is 1.07 bits per heavy atom. The van der Waals surface area contributed by atoms with Crippen molar-refractivity contribution in [3.05, 3.63) is 54.2 Å². The minimum absolute atomic E-state index is 0.0802. The quantitative estimate of drug-likeness (QED) is 0.743. The monoisotopic (exact) mass is 389 g/mol. The summed E-state index contributed by atoms with van der Waals surface area (Å²) in [5.41, 5.74) is 0.508. The van der Waals surface area contributed by atoms with Crippen molar-refractivity contribution >= 4 is 23.5 Å². The lowest BCUT2D eigenvalue weighted by molar-refractivity contribution is -0.151. The van der Waals surface area contributed by atoms with E-state index in [9.17, 15) is 18.8 Å². The van der Waals surface area contributed by atoms with Crippen LogP contribution in [0.3, 0.4) is 0 Å². The standard InChI is InChI=1S/C19H20FN3O5/c20-14-4-1-2-5-15(14)22-7-9-23(10-8-22)17(24)13-28-18(25)12-21-19(26)16-6-3-11-27-16/h1-6,11H,7-10,12-13H2,(H,21,26). The molecule has 0 bridgehead atoms. The van der Waals surface area contributed by atoms with Crippen molar-refractivity contribution in [3.8, 4) is 0 Å². The van der Waals surface area contributed by atoms with Crippen molar-refractivity contribution < 1.29 is 27.9 Å². The number of piperazine rings is 1. The highest BCUT2D eigenvalue weighted by molar-refractivity contribution is 5.93. The molecule has 2 aromatic rings. The lowest BCUT2D eigenvalue weighted by Gasteiger charge is -2.36. The molecule has 1 aliphatic heterocycles. The SMILES string of the molecule is O=C(CNC(=O)c1ccco1)OCC(=O)N1CCN(c2ccccc2F)CC1. The van der Waals surface area contributed by atoms with Gasteiger partial charge in [-0.15, -0.1) is 0 Å². The Labute approximate surface area is 160 Å². The molecule has 148 valence electrons. The van der Waals surface area contributed by atoms with E-state index >= 15 is 0 Å². The summed E-state index contributed by atoms with van der Waals surface area (Å²) in [5.74, 6) is -1.82. The summed E-state index contributed by atoms with van der Waals surface area (Å²) >= 11 is 0. The normalized spacial score (nSPS) is 13.9. The Bertz CT molecular complexity index is 832. The lowest BCUT2D eigenvalue weighted by atomic mass is 10.2. The number of rotatable bonds is 6. The van der Waals surface area contributed by atoms with Gasteiger partial charge < -0.3 is 24.3 Å². The Morgan fingerprint density at radius 2 is 1.82 bits per heavy atom. The third kappa shape index (κ3) is 4.87. The van der Waals surface area contributed by atoms with Gasteiger partial charge in [0, 0.05) is 26.2 Å². The second-order valence-electron chi connectivity index (χ2n) is 6.14. The number of amides is 2. The van der Waals surface area contributed by atoms with Gasteiger partial charge in [-0.1, -0.05) is 12.1 Å². The summed E-state index contributed by atoms with van der Waals surface area (Å²) in [4.78, 5) is 39.0. The number of nitrogens with zero attached hydrogens (tertiary/aromatic N) is 2. The Balaban J connectivity index is 1.38. The van der Waals surface area contributed by atoms with Crippen LogP contribution in [0.5, 0.6) is 0 Å². The maximum absolute atomic E-state index is 13.8. The van der Waals surface area contributed by atoms with Gasteiger partial charge in [-0.25, -0.2) is 4.39 Å². The first-order valence-electron chi connectivity index (χ1n) is 8.79. The van der Waals surface area contributed by atoms with Crippen molar-refractivity contribution in [3.63, 3.8) is 0 Å². The molecule has 8 nitrogen and oxygen atoms in total. The van der Waals surface area contributed by atoms with E-state index in [1.54, 1.807) is 29.2 Å². The average molecular weight is 389 g/mol. The zero-order chi connectivity index (χ0) is 19.9. The van der Waals surface area contributed by atoms with E-state index in [1.165, 1.54) is 18.4 Å². The zero-order valence-electron chi connectivity index (χ0n) is 15.1. The highest BCUT2D eigenvalue weighted by Crippen LogP contribution is 2.20. The molecule has 1 aromatic heterocycles. The number of esters is 1. The minimum atomic E-state index is -0.724. The highest BCUT2D eigenvalue weighted by atomic mass is 19.1. The number of furan rings is 1. The van der Waals surface area contributed by atoms with Crippen LogP contribution in [-0.4, -0.2) is 62.0 Å². The molecule has 1 N–H and O–H groups in total. The fraction of sp³-hybridized carbons (Fsp3) is 0.316. The number of nitrogens with one attached hydrogen (secondary N) is 1. The molecule has 3 rings (SSSR count). The van der Waals surface area contributed by atoms with Crippen LogP contribution in [0.4, 0.5) is 10.1 Å². The van der Waals surface area contributed by atoms with Crippen molar-refractivity contribution in [2.75, 3.05) is 44.2 Å². The van der Waals surface area contributed by atoms with Crippen molar-refractivity contribution in [2.45, 2.75) is 0 Å². The maximum atomic E-state index is 13.8. The van der Waals surface area contributed by atoms with E-state index in [0.717, 1.165) is 0 Å². The molecule has 9 heteroatoms. The van der Waals surface area contributed by atoms with E-state index in [2.05, 4.69) is 5.32 Å². The van der Waals surface area contributed by atoms with Crippen molar-refractivity contribution in [1.29, 1.82) is 0 Å². The molecule has 0 radical (unpaired) electrons. The van der Waals surface area contributed by atoms with E-state index < -0.39 is 18.5 Å². The van der Waals surface area contributed by atoms with Crippen LogP contribution < -0.4 is 10.2 Å². The first kappa shape index (κ1) is 19.4. The Hall–Kier alpha value is -3.36.